The van der Waals surface area contributed by atoms with Crippen LogP contribution >= 0.6 is 23.4 Å². The molecule has 0 saturated carbocycles. The molecule has 0 aliphatic rings. The van der Waals surface area contributed by atoms with Crippen LogP contribution in [-0.2, 0) is 4.79 Å². The Labute approximate surface area is 109 Å². The maximum atomic E-state index is 13.3. The number of amides is 1. The van der Waals surface area contributed by atoms with Gasteiger partial charge in [-0.25, -0.2) is 4.39 Å². The maximum absolute atomic E-state index is 13.3. The first-order valence-electron chi connectivity index (χ1n) is 5.07. The van der Waals surface area contributed by atoms with Crippen molar-refractivity contribution in [2.45, 2.75) is 13.0 Å². The van der Waals surface area contributed by atoms with Crippen LogP contribution in [0, 0.1) is 5.82 Å². The molecule has 0 spiro atoms. The van der Waals surface area contributed by atoms with Crippen molar-refractivity contribution in [2.75, 3.05) is 16.8 Å². The smallest absolute Gasteiger partial charge is 0.234 e. The Balaban J connectivity index is 2.45. The summed E-state index contributed by atoms with van der Waals surface area (Å²) in [7, 11) is 0. The first-order valence-corrected chi connectivity index (χ1v) is 6.60. The van der Waals surface area contributed by atoms with Crippen LogP contribution in [0.5, 0.6) is 0 Å². The van der Waals surface area contributed by atoms with E-state index in [2.05, 4.69) is 5.32 Å². The average molecular weight is 277 g/mol. The van der Waals surface area contributed by atoms with Crippen molar-refractivity contribution in [2.24, 2.45) is 5.73 Å². The summed E-state index contributed by atoms with van der Waals surface area (Å²) in [4.78, 5) is 11.5. The molecule has 6 heteroatoms. The topological polar surface area (TPSA) is 55.1 Å². The zero-order valence-corrected chi connectivity index (χ0v) is 10.9. The first kappa shape index (κ1) is 14.3. The standard InChI is InChI=1S/C11H14ClFN2OS/c1-7(14)5-17-6-11(16)15-10-3-2-8(12)4-9(10)13/h2-4,7H,5-6,14H2,1H3,(H,15,16). The highest BCUT2D eigenvalue weighted by atomic mass is 35.5. The Morgan fingerprint density at radius 2 is 2.35 bits per heavy atom. The van der Waals surface area contributed by atoms with Crippen LogP contribution in [0.1, 0.15) is 6.92 Å². The second-order valence-electron chi connectivity index (χ2n) is 3.66. The van der Waals surface area contributed by atoms with Gasteiger partial charge in [-0.2, -0.15) is 11.8 Å². The van der Waals surface area contributed by atoms with Gasteiger partial charge in [-0.05, 0) is 25.1 Å². The summed E-state index contributed by atoms with van der Waals surface area (Å²) < 4.78 is 13.3. The van der Waals surface area contributed by atoms with Crippen LogP contribution in [0.3, 0.4) is 0 Å². The average Bonchev–Trinajstić information content (AvgIpc) is 2.21. The van der Waals surface area contributed by atoms with Crippen LogP contribution in [0.2, 0.25) is 5.02 Å². The molecule has 17 heavy (non-hydrogen) atoms. The van der Waals surface area contributed by atoms with E-state index in [0.29, 0.717) is 10.8 Å². The minimum Gasteiger partial charge on any atom is -0.327 e. The third-order valence-electron chi connectivity index (χ3n) is 1.82. The fourth-order valence-corrected chi connectivity index (χ4v) is 2.02. The van der Waals surface area contributed by atoms with Gasteiger partial charge in [0.2, 0.25) is 5.91 Å². The van der Waals surface area contributed by atoms with Crippen molar-refractivity contribution in [1.82, 2.24) is 0 Å². The highest BCUT2D eigenvalue weighted by Crippen LogP contribution is 2.19. The first-order chi connectivity index (χ1) is 7.99. The maximum Gasteiger partial charge on any atom is 0.234 e. The number of rotatable bonds is 5. The summed E-state index contributed by atoms with van der Waals surface area (Å²) in [5, 5.41) is 2.77. The van der Waals surface area contributed by atoms with Crippen molar-refractivity contribution in [3.05, 3.63) is 29.0 Å². The summed E-state index contributed by atoms with van der Waals surface area (Å²) in [5.41, 5.74) is 5.68. The number of carbonyl (C=O) groups is 1. The molecule has 1 rings (SSSR count). The van der Waals surface area contributed by atoms with E-state index in [-0.39, 0.29) is 23.4 Å². The van der Waals surface area contributed by atoms with Crippen LogP contribution in [0.25, 0.3) is 0 Å². The molecular weight excluding hydrogens is 263 g/mol. The van der Waals surface area contributed by atoms with E-state index in [1.807, 2.05) is 6.92 Å². The number of thioether (sulfide) groups is 1. The number of halogens is 2. The number of nitrogens with one attached hydrogen (secondary N) is 1. The third kappa shape index (κ3) is 5.39. The fourth-order valence-electron chi connectivity index (χ4n) is 1.11. The molecule has 1 unspecified atom stereocenters. The lowest BCUT2D eigenvalue weighted by Gasteiger charge is -2.07. The second kappa shape index (κ2) is 6.83. The number of nitrogens with two attached hydrogens (primary N) is 1. The zero-order valence-electron chi connectivity index (χ0n) is 9.37. The molecule has 0 radical (unpaired) electrons. The van der Waals surface area contributed by atoms with Crippen molar-refractivity contribution in [1.29, 1.82) is 0 Å². The lowest BCUT2D eigenvalue weighted by Crippen LogP contribution is -2.20. The van der Waals surface area contributed by atoms with Crippen molar-refractivity contribution in [3.8, 4) is 0 Å². The van der Waals surface area contributed by atoms with E-state index in [9.17, 15) is 9.18 Å². The van der Waals surface area contributed by atoms with Gasteiger partial charge < -0.3 is 11.1 Å². The Kier molecular flexibility index (Phi) is 5.74. The molecule has 3 nitrogen and oxygen atoms in total. The SMILES string of the molecule is CC(N)CSCC(=O)Nc1ccc(Cl)cc1F. The van der Waals surface area contributed by atoms with Crippen LogP contribution in [-0.4, -0.2) is 23.5 Å². The normalized spacial score (nSPS) is 12.2. The quantitative estimate of drug-likeness (QED) is 0.869. The monoisotopic (exact) mass is 276 g/mol. The van der Waals surface area contributed by atoms with Gasteiger partial charge in [-0.3, -0.25) is 4.79 Å². The van der Waals surface area contributed by atoms with E-state index in [1.165, 1.54) is 23.9 Å². The number of benzene rings is 1. The summed E-state index contributed by atoms with van der Waals surface area (Å²) in [5.74, 6) is 0.153. The lowest BCUT2D eigenvalue weighted by molar-refractivity contribution is -0.113. The molecule has 0 saturated heterocycles. The molecule has 1 atom stereocenters. The highest BCUT2D eigenvalue weighted by molar-refractivity contribution is 8.00. The predicted octanol–water partition coefficient (Wildman–Crippen LogP) is 2.50. The number of hydrogen-bond donors (Lipinski definition) is 2. The Hall–Kier alpha value is -0.780. The molecule has 0 aromatic heterocycles. The molecule has 3 N–H and O–H groups in total. The van der Waals surface area contributed by atoms with Gasteiger partial charge >= 0.3 is 0 Å². The lowest BCUT2D eigenvalue weighted by atomic mass is 10.3. The van der Waals surface area contributed by atoms with Gasteiger partial charge in [-0.1, -0.05) is 11.6 Å². The molecule has 1 aromatic rings. The third-order valence-corrected chi connectivity index (χ3v) is 3.28. The van der Waals surface area contributed by atoms with Crippen LogP contribution < -0.4 is 11.1 Å². The van der Waals surface area contributed by atoms with Crippen LogP contribution in [0.4, 0.5) is 10.1 Å². The highest BCUT2D eigenvalue weighted by Gasteiger charge is 2.07. The van der Waals surface area contributed by atoms with Gasteiger partial charge in [0.1, 0.15) is 5.82 Å². The van der Waals surface area contributed by atoms with E-state index in [0.717, 1.165) is 6.07 Å². The summed E-state index contributed by atoms with van der Waals surface area (Å²) in [6.07, 6.45) is 0. The van der Waals surface area contributed by atoms with E-state index < -0.39 is 5.82 Å². The predicted molar refractivity (Wildman–Crippen MR) is 71.0 cm³/mol. The molecule has 1 aromatic carbocycles. The molecule has 0 aliphatic heterocycles. The fraction of sp³-hybridized carbons (Fsp3) is 0.364. The molecule has 0 aliphatic carbocycles. The molecule has 1 amide bonds. The summed E-state index contributed by atoms with van der Waals surface area (Å²) in [6.45, 7) is 1.86. The summed E-state index contributed by atoms with van der Waals surface area (Å²) >= 11 is 7.01. The largest absolute Gasteiger partial charge is 0.327 e. The Morgan fingerprint density at radius 1 is 1.65 bits per heavy atom. The second-order valence-corrected chi connectivity index (χ2v) is 5.13. The minimum absolute atomic E-state index is 0.0417. The zero-order chi connectivity index (χ0) is 12.8. The Morgan fingerprint density at radius 3 is 2.94 bits per heavy atom. The van der Waals surface area contributed by atoms with Crippen molar-refractivity contribution >= 4 is 35.0 Å². The van der Waals surface area contributed by atoms with Gasteiger partial charge in [0.25, 0.3) is 0 Å². The summed E-state index contributed by atoms with van der Waals surface area (Å²) in [6, 6.07) is 4.16. The van der Waals surface area contributed by atoms with E-state index >= 15 is 0 Å². The minimum atomic E-state index is -0.539. The number of anilines is 1. The van der Waals surface area contributed by atoms with Crippen molar-refractivity contribution in [3.63, 3.8) is 0 Å². The molecule has 0 bridgehead atoms. The molecular formula is C11H14ClFN2OS. The number of carbonyl (C=O) groups excluding carboxylic acids is 1. The van der Waals surface area contributed by atoms with Crippen molar-refractivity contribution < 1.29 is 9.18 Å². The molecule has 0 fully saturated rings. The Bertz CT molecular complexity index is 401. The van der Waals surface area contributed by atoms with E-state index in [4.69, 9.17) is 17.3 Å². The van der Waals surface area contributed by atoms with Crippen LogP contribution in [0.15, 0.2) is 18.2 Å². The van der Waals surface area contributed by atoms with Gasteiger partial charge in [0.05, 0.1) is 11.4 Å². The van der Waals surface area contributed by atoms with E-state index in [1.54, 1.807) is 0 Å². The molecule has 94 valence electrons. The van der Waals surface area contributed by atoms with Gasteiger partial charge in [-0.15, -0.1) is 0 Å². The number of hydrogen-bond acceptors (Lipinski definition) is 3. The molecule has 0 heterocycles. The van der Waals surface area contributed by atoms with Gasteiger partial charge in [0.15, 0.2) is 0 Å². The van der Waals surface area contributed by atoms with Gasteiger partial charge in [0, 0.05) is 16.8 Å².